The van der Waals surface area contributed by atoms with Crippen molar-refractivity contribution in [2.75, 3.05) is 27.4 Å². The predicted molar refractivity (Wildman–Crippen MR) is 121 cm³/mol. The van der Waals surface area contributed by atoms with Gasteiger partial charge in [0.1, 0.15) is 24.2 Å². The number of aliphatic carboxylic acids is 1. The molecule has 182 valence electrons. The highest BCUT2D eigenvalue weighted by Gasteiger charge is 2.49. The second kappa shape index (κ2) is 8.98. The Kier molecular flexibility index (Phi) is 6.38. The molecule has 0 saturated carbocycles. The third-order valence-electron chi connectivity index (χ3n) is 5.87. The lowest BCUT2D eigenvalue weighted by molar-refractivity contribution is -0.141. The average Bonchev–Trinajstić information content (AvgIpc) is 3.27. The number of hydrogen-bond acceptors (Lipinski definition) is 8. The Balaban J connectivity index is 1.68. The van der Waals surface area contributed by atoms with Crippen LogP contribution in [0, 0.1) is 0 Å². The monoisotopic (exact) mass is 509 g/mol. The molecule has 2 heterocycles. The number of methoxy groups -OCH3 is 2. The number of fused-ring (bicyclic) bond motifs is 1. The summed E-state index contributed by atoms with van der Waals surface area (Å²) >= 11 is 0. The molecule has 1 unspecified atom stereocenters. The van der Waals surface area contributed by atoms with E-state index >= 15 is 0 Å². The Bertz CT molecular complexity index is 1320. The summed E-state index contributed by atoms with van der Waals surface area (Å²) in [6.45, 7) is -0.601. The molecule has 34 heavy (non-hydrogen) atoms. The topological polar surface area (TPSA) is 143 Å². The minimum atomic E-state index is -4.26. The Morgan fingerprint density at radius 2 is 1.35 bits per heavy atom. The molecular formula is C21H23N3O8S2. The fourth-order valence-corrected chi connectivity index (χ4v) is 7.08. The zero-order valence-electron chi connectivity index (χ0n) is 18.4. The van der Waals surface area contributed by atoms with Crippen LogP contribution in [0.3, 0.4) is 0 Å². The summed E-state index contributed by atoms with van der Waals surface area (Å²) in [5.74, 6) is -0.417. The number of nitrogens with zero attached hydrogens (tertiary/aromatic N) is 3. The van der Waals surface area contributed by atoms with E-state index < -0.39 is 38.1 Å². The molecule has 0 spiro atoms. The molecule has 2 aromatic carbocycles. The largest absolute Gasteiger partial charge is 0.497 e. The molecule has 1 fully saturated rings. The van der Waals surface area contributed by atoms with Crippen LogP contribution in [0.1, 0.15) is 6.42 Å². The van der Waals surface area contributed by atoms with Crippen LogP contribution < -0.4 is 9.47 Å². The van der Waals surface area contributed by atoms with E-state index in [1.165, 1.54) is 62.8 Å². The van der Waals surface area contributed by atoms with Crippen molar-refractivity contribution < 1.29 is 36.2 Å². The number of ether oxygens (including phenoxy) is 2. The van der Waals surface area contributed by atoms with E-state index in [4.69, 9.17) is 9.47 Å². The van der Waals surface area contributed by atoms with Gasteiger partial charge in [0.15, 0.2) is 0 Å². The SMILES string of the molecule is COc1ccc(S(=O)(=O)N2CN=C3C[C@H](C(=O)O)N(S(=O)(=O)c4ccc(OC)cc4)CC32)cc1. The van der Waals surface area contributed by atoms with Crippen molar-refractivity contribution in [3.63, 3.8) is 0 Å². The first-order chi connectivity index (χ1) is 16.1. The fraction of sp³-hybridized carbons (Fsp3) is 0.333. The smallest absolute Gasteiger partial charge is 0.322 e. The number of sulfonamides is 2. The van der Waals surface area contributed by atoms with Crippen LogP contribution in [-0.4, -0.2) is 81.8 Å². The molecule has 1 N–H and O–H groups in total. The Labute approximate surface area is 197 Å². The Morgan fingerprint density at radius 3 is 1.79 bits per heavy atom. The van der Waals surface area contributed by atoms with Gasteiger partial charge in [-0.15, -0.1) is 0 Å². The second-order valence-corrected chi connectivity index (χ2v) is 11.5. The maximum absolute atomic E-state index is 13.4. The third-order valence-corrected chi connectivity index (χ3v) is 9.61. The van der Waals surface area contributed by atoms with E-state index in [-0.39, 0.29) is 29.4 Å². The predicted octanol–water partition coefficient (Wildman–Crippen LogP) is 1.02. The summed E-state index contributed by atoms with van der Waals surface area (Å²) in [4.78, 5) is 16.1. The van der Waals surface area contributed by atoms with Crippen molar-refractivity contribution in [2.24, 2.45) is 4.99 Å². The van der Waals surface area contributed by atoms with E-state index in [0.29, 0.717) is 17.2 Å². The van der Waals surface area contributed by atoms with Crippen molar-refractivity contribution in [1.29, 1.82) is 0 Å². The molecule has 11 nitrogen and oxygen atoms in total. The molecule has 4 rings (SSSR count). The van der Waals surface area contributed by atoms with Crippen LogP contribution in [0.15, 0.2) is 63.3 Å². The zero-order valence-corrected chi connectivity index (χ0v) is 20.0. The first-order valence-corrected chi connectivity index (χ1v) is 13.1. The van der Waals surface area contributed by atoms with Crippen LogP contribution in [0.5, 0.6) is 11.5 Å². The first-order valence-electron chi connectivity index (χ1n) is 10.2. The van der Waals surface area contributed by atoms with Crippen LogP contribution >= 0.6 is 0 Å². The Morgan fingerprint density at radius 1 is 0.882 bits per heavy atom. The lowest BCUT2D eigenvalue weighted by Crippen LogP contribution is -2.58. The van der Waals surface area contributed by atoms with Crippen LogP contribution in [0.25, 0.3) is 0 Å². The zero-order chi connectivity index (χ0) is 24.7. The molecule has 2 aliphatic rings. The second-order valence-electron chi connectivity index (χ2n) is 7.68. The molecule has 1 saturated heterocycles. The summed E-state index contributed by atoms with van der Waals surface area (Å²) in [6.07, 6.45) is -0.218. The molecule has 0 radical (unpaired) electrons. The van der Waals surface area contributed by atoms with Gasteiger partial charge in [-0.3, -0.25) is 9.79 Å². The molecule has 13 heteroatoms. The highest BCUT2D eigenvalue weighted by molar-refractivity contribution is 7.89. The summed E-state index contributed by atoms with van der Waals surface area (Å²) in [5.41, 5.74) is 0.339. The molecule has 2 aromatic rings. The lowest BCUT2D eigenvalue weighted by atomic mass is 9.99. The highest BCUT2D eigenvalue weighted by Crippen LogP contribution is 2.33. The number of hydrogen-bond donors (Lipinski definition) is 1. The number of carboxylic acids is 1. The number of aliphatic imine (C=N–C) groups is 1. The van der Waals surface area contributed by atoms with Crippen LogP contribution in [0.4, 0.5) is 0 Å². The molecule has 0 aliphatic carbocycles. The normalized spacial score (nSPS) is 21.5. The van der Waals surface area contributed by atoms with Gasteiger partial charge in [0.2, 0.25) is 20.0 Å². The fourth-order valence-electron chi connectivity index (χ4n) is 4.01. The van der Waals surface area contributed by atoms with Gasteiger partial charge in [-0.2, -0.15) is 8.61 Å². The van der Waals surface area contributed by atoms with Crippen molar-refractivity contribution in [3.8, 4) is 11.5 Å². The van der Waals surface area contributed by atoms with Gasteiger partial charge >= 0.3 is 5.97 Å². The van der Waals surface area contributed by atoms with Gasteiger partial charge in [-0.1, -0.05) is 0 Å². The maximum atomic E-state index is 13.4. The summed E-state index contributed by atoms with van der Waals surface area (Å²) < 4.78 is 65.5. The third kappa shape index (κ3) is 4.15. The molecule has 0 amide bonds. The van der Waals surface area contributed by atoms with Crippen LogP contribution in [-0.2, 0) is 24.8 Å². The number of carboxylic acid groups (broad SMARTS) is 1. The summed E-state index contributed by atoms with van der Waals surface area (Å²) in [7, 11) is -5.40. The van der Waals surface area contributed by atoms with Crippen molar-refractivity contribution in [1.82, 2.24) is 8.61 Å². The first kappa shape index (κ1) is 24.1. The minimum absolute atomic E-state index is 0.00494. The number of rotatable bonds is 7. The molecule has 0 bridgehead atoms. The highest BCUT2D eigenvalue weighted by atomic mass is 32.2. The van der Waals surface area contributed by atoms with Crippen LogP contribution in [0.2, 0.25) is 0 Å². The summed E-state index contributed by atoms with van der Waals surface area (Å²) in [5, 5.41) is 9.75. The molecule has 0 aromatic heterocycles. The van der Waals surface area contributed by atoms with Crippen molar-refractivity contribution in [3.05, 3.63) is 48.5 Å². The number of piperidine rings is 1. The van der Waals surface area contributed by atoms with E-state index in [9.17, 15) is 26.7 Å². The average molecular weight is 510 g/mol. The van der Waals surface area contributed by atoms with Gasteiger partial charge < -0.3 is 14.6 Å². The molecular weight excluding hydrogens is 486 g/mol. The lowest BCUT2D eigenvalue weighted by Gasteiger charge is -2.38. The standard InChI is InChI=1S/C21H23N3O8S2/c1-31-14-3-7-16(8-4-14)33(27,28)23-12-20-18(11-19(23)21(25)26)22-13-24(20)34(29,30)17-9-5-15(32-2)6-10-17/h3-10,19-20H,11-13H2,1-2H3,(H,25,26)/t19-,20?/m1/s1. The maximum Gasteiger partial charge on any atom is 0.322 e. The van der Waals surface area contributed by atoms with Gasteiger partial charge in [0, 0.05) is 18.7 Å². The number of benzene rings is 2. The van der Waals surface area contributed by atoms with Gasteiger partial charge in [-0.05, 0) is 48.5 Å². The Hall–Kier alpha value is -3.00. The van der Waals surface area contributed by atoms with E-state index in [0.717, 1.165) is 8.61 Å². The van der Waals surface area contributed by atoms with Gasteiger partial charge in [0.05, 0.1) is 30.1 Å². The summed E-state index contributed by atoms with van der Waals surface area (Å²) in [6, 6.07) is 9.00. The number of carbonyl (C=O) groups is 1. The van der Waals surface area contributed by atoms with Crippen molar-refractivity contribution >= 4 is 31.7 Å². The minimum Gasteiger partial charge on any atom is -0.497 e. The van der Waals surface area contributed by atoms with E-state index in [1.807, 2.05) is 0 Å². The quantitative estimate of drug-likeness (QED) is 0.583. The molecule has 2 atom stereocenters. The van der Waals surface area contributed by atoms with Gasteiger partial charge in [0.25, 0.3) is 0 Å². The molecule has 2 aliphatic heterocycles. The van der Waals surface area contributed by atoms with E-state index in [2.05, 4.69) is 4.99 Å². The van der Waals surface area contributed by atoms with Gasteiger partial charge in [-0.25, -0.2) is 16.8 Å². The van der Waals surface area contributed by atoms with E-state index in [1.54, 1.807) is 0 Å². The van der Waals surface area contributed by atoms with Crippen molar-refractivity contribution in [2.45, 2.75) is 28.3 Å².